The third-order valence-corrected chi connectivity index (χ3v) is 7.15. The Hall–Kier alpha value is -2.74. The Morgan fingerprint density at radius 1 is 1.18 bits per heavy atom. The molecule has 1 saturated carbocycles. The molecule has 0 radical (unpaired) electrons. The minimum atomic E-state index is -0.357. The van der Waals surface area contributed by atoms with Crippen LogP contribution in [-0.2, 0) is 11.2 Å². The molecule has 8 heteroatoms. The number of hydrogen-bond acceptors (Lipinski definition) is 5. The van der Waals surface area contributed by atoms with Crippen LogP contribution in [-0.4, -0.2) is 60.6 Å². The third kappa shape index (κ3) is 6.03. The van der Waals surface area contributed by atoms with Crippen LogP contribution >= 0.6 is 11.3 Å². The molecule has 1 aliphatic heterocycles. The van der Waals surface area contributed by atoms with Crippen LogP contribution in [0, 0.1) is 5.92 Å². The van der Waals surface area contributed by atoms with E-state index in [1.807, 2.05) is 49.9 Å². The lowest BCUT2D eigenvalue weighted by molar-refractivity contribution is -0.135. The summed E-state index contributed by atoms with van der Waals surface area (Å²) in [5.74, 6) is 1.76. The lowest BCUT2D eigenvalue weighted by Crippen LogP contribution is -2.53. The molecule has 2 aliphatic rings. The van der Waals surface area contributed by atoms with Crippen LogP contribution in [0.2, 0.25) is 0 Å². The highest BCUT2D eigenvalue weighted by Crippen LogP contribution is 2.35. The molecule has 1 fully saturated rings. The van der Waals surface area contributed by atoms with Crippen molar-refractivity contribution in [1.82, 2.24) is 15.1 Å². The number of urea groups is 1. The van der Waals surface area contributed by atoms with Crippen LogP contribution in [0.3, 0.4) is 0 Å². The average molecular weight is 486 g/mol. The van der Waals surface area contributed by atoms with Crippen molar-refractivity contribution in [2.24, 2.45) is 5.92 Å². The van der Waals surface area contributed by atoms with Crippen LogP contribution in [0.5, 0.6) is 11.5 Å². The number of para-hydroxylation sites is 2. The molecule has 1 N–H and O–H groups in total. The van der Waals surface area contributed by atoms with Gasteiger partial charge >= 0.3 is 6.03 Å². The number of nitrogens with zero attached hydrogens (tertiary/aromatic N) is 2. The Morgan fingerprint density at radius 2 is 1.91 bits per heavy atom. The molecule has 4 rings (SSSR count). The summed E-state index contributed by atoms with van der Waals surface area (Å²) in [4.78, 5) is 31.4. The quantitative estimate of drug-likeness (QED) is 0.598. The van der Waals surface area contributed by atoms with Gasteiger partial charge in [0.15, 0.2) is 11.5 Å². The summed E-state index contributed by atoms with van der Waals surface area (Å²) in [6.45, 7) is 7.50. The first-order valence-electron chi connectivity index (χ1n) is 11.9. The standard InChI is InChI=1S/C26H35N3O4S/c1-26(2,3)27-25(31)28(15-18-9-10-18)16-24(30)29-13-11-23-19(12-14-34-23)20(29)17-33-22-8-6-5-7-21(22)32-4/h5-8,12,14,18,20H,9-11,13,15-17H2,1-4H3,(H,27,31)/t20-/m0/s1. The fourth-order valence-electron chi connectivity index (χ4n) is 4.27. The fourth-order valence-corrected chi connectivity index (χ4v) is 5.19. The van der Waals surface area contributed by atoms with Crippen LogP contribution < -0.4 is 14.8 Å². The first-order valence-corrected chi connectivity index (χ1v) is 12.8. The van der Waals surface area contributed by atoms with E-state index in [1.54, 1.807) is 23.3 Å². The Morgan fingerprint density at radius 3 is 2.59 bits per heavy atom. The first-order chi connectivity index (χ1) is 16.2. The number of nitrogens with one attached hydrogen (secondary N) is 1. The highest BCUT2D eigenvalue weighted by molar-refractivity contribution is 7.10. The summed E-state index contributed by atoms with van der Waals surface area (Å²) < 4.78 is 11.6. The van der Waals surface area contributed by atoms with Crippen LogP contribution in [0.1, 0.15) is 50.1 Å². The van der Waals surface area contributed by atoms with Gasteiger partial charge in [-0.2, -0.15) is 0 Å². The van der Waals surface area contributed by atoms with Crippen molar-refractivity contribution in [3.05, 3.63) is 46.2 Å². The molecule has 1 aliphatic carbocycles. The number of ether oxygens (including phenoxy) is 2. The second-order valence-corrected chi connectivity index (χ2v) is 11.1. The van der Waals surface area contributed by atoms with Gasteiger partial charge in [-0.05, 0) is 75.1 Å². The van der Waals surface area contributed by atoms with Crippen molar-refractivity contribution >= 4 is 23.3 Å². The predicted molar refractivity (Wildman–Crippen MR) is 134 cm³/mol. The van der Waals surface area contributed by atoms with Crippen molar-refractivity contribution in [3.8, 4) is 11.5 Å². The number of thiophene rings is 1. The van der Waals surface area contributed by atoms with Crippen molar-refractivity contribution in [2.75, 3.05) is 33.4 Å². The van der Waals surface area contributed by atoms with Crippen molar-refractivity contribution in [2.45, 2.75) is 51.6 Å². The van der Waals surface area contributed by atoms with E-state index in [-0.39, 0.29) is 30.1 Å². The maximum absolute atomic E-state index is 13.6. The molecular formula is C26H35N3O4S. The fraction of sp³-hybridized carbons (Fsp3) is 0.538. The lowest BCUT2D eigenvalue weighted by Gasteiger charge is -2.37. The zero-order valence-corrected chi connectivity index (χ0v) is 21.3. The van der Waals surface area contributed by atoms with Gasteiger partial charge in [-0.1, -0.05) is 12.1 Å². The zero-order valence-electron chi connectivity index (χ0n) is 20.5. The number of fused-ring (bicyclic) bond motifs is 1. The van der Waals surface area contributed by atoms with Gasteiger partial charge in [0, 0.05) is 23.5 Å². The summed E-state index contributed by atoms with van der Waals surface area (Å²) in [7, 11) is 1.62. The van der Waals surface area contributed by atoms with Crippen molar-refractivity contribution in [3.63, 3.8) is 0 Å². The highest BCUT2D eigenvalue weighted by Gasteiger charge is 2.35. The summed E-state index contributed by atoms with van der Waals surface area (Å²) >= 11 is 1.72. The van der Waals surface area contributed by atoms with E-state index < -0.39 is 0 Å². The maximum Gasteiger partial charge on any atom is 0.318 e. The molecule has 0 bridgehead atoms. The van der Waals surface area contributed by atoms with E-state index in [4.69, 9.17) is 9.47 Å². The molecule has 34 heavy (non-hydrogen) atoms. The number of rotatable bonds is 8. The SMILES string of the molecule is COc1ccccc1OC[C@H]1c2ccsc2CCN1C(=O)CN(CC1CC1)C(=O)NC(C)(C)C. The summed E-state index contributed by atoms with van der Waals surface area (Å²) in [6, 6.07) is 9.24. The number of benzene rings is 1. The lowest BCUT2D eigenvalue weighted by atomic mass is 10.0. The zero-order chi connectivity index (χ0) is 24.3. The minimum Gasteiger partial charge on any atom is -0.493 e. The number of carbonyl (C=O) groups is 2. The monoisotopic (exact) mass is 485 g/mol. The summed E-state index contributed by atoms with van der Waals surface area (Å²) in [5, 5.41) is 5.10. The maximum atomic E-state index is 13.6. The smallest absolute Gasteiger partial charge is 0.318 e. The molecule has 184 valence electrons. The summed E-state index contributed by atoms with van der Waals surface area (Å²) in [6.07, 6.45) is 3.05. The van der Waals surface area contributed by atoms with Gasteiger partial charge in [0.25, 0.3) is 0 Å². The van der Waals surface area contributed by atoms with E-state index in [9.17, 15) is 9.59 Å². The highest BCUT2D eigenvalue weighted by atomic mass is 32.1. The van der Waals surface area contributed by atoms with Gasteiger partial charge in [-0.3, -0.25) is 4.79 Å². The Labute approximate surface area is 206 Å². The normalized spacial score (nSPS) is 17.6. The largest absolute Gasteiger partial charge is 0.493 e. The van der Waals surface area contributed by atoms with Crippen LogP contribution in [0.25, 0.3) is 0 Å². The number of methoxy groups -OCH3 is 1. The average Bonchev–Trinajstić information content (AvgIpc) is 3.48. The molecule has 1 aromatic carbocycles. The second kappa shape index (κ2) is 10.3. The van der Waals surface area contributed by atoms with E-state index in [0.29, 0.717) is 37.1 Å². The van der Waals surface area contributed by atoms with Gasteiger partial charge in [-0.15, -0.1) is 11.3 Å². The number of carbonyl (C=O) groups excluding carboxylic acids is 2. The Bertz CT molecular complexity index is 1010. The molecule has 3 amide bonds. The van der Waals surface area contributed by atoms with Gasteiger partial charge in [-0.25, -0.2) is 4.79 Å². The molecular weight excluding hydrogens is 450 g/mol. The van der Waals surface area contributed by atoms with E-state index in [0.717, 1.165) is 24.8 Å². The number of hydrogen-bond donors (Lipinski definition) is 1. The third-order valence-electron chi connectivity index (χ3n) is 6.15. The summed E-state index contributed by atoms with van der Waals surface area (Å²) in [5.41, 5.74) is 0.774. The first kappa shape index (κ1) is 24.4. The molecule has 0 unspecified atom stereocenters. The van der Waals surface area contributed by atoms with Crippen LogP contribution in [0.15, 0.2) is 35.7 Å². The predicted octanol–water partition coefficient (Wildman–Crippen LogP) is 4.48. The minimum absolute atomic E-state index is 0.0461. The molecule has 0 spiro atoms. The molecule has 0 saturated heterocycles. The van der Waals surface area contributed by atoms with Crippen molar-refractivity contribution in [1.29, 1.82) is 0 Å². The topological polar surface area (TPSA) is 71.1 Å². The number of amides is 3. The Balaban J connectivity index is 1.50. The van der Waals surface area contributed by atoms with Crippen LogP contribution in [0.4, 0.5) is 4.79 Å². The molecule has 7 nitrogen and oxygen atoms in total. The second-order valence-electron chi connectivity index (χ2n) is 10.1. The molecule has 1 atom stereocenters. The van der Waals surface area contributed by atoms with E-state index in [1.165, 1.54) is 4.88 Å². The van der Waals surface area contributed by atoms with E-state index >= 15 is 0 Å². The van der Waals surface area contributed by atoms with Crippen molar-refractivity contribution < 1.29 is 19.1 Å². The van der Waals surface area contributed by atoms with Gasteiger partial charge in [0.1, 0.15) is 13.2 Å². The van der Waals surface area contributed by atoms with Gasteiger partial charge in [0.05, 0.1) is 13.2 Å². The molecule has 2 aromatic rings. The van der Waals surface area contributed by atoms with E-state index in [2.05, 4.69) is 16.8 Å². The molecule has 2 heterocycles. The Kier molecular flexibility index (Phi) is 7.36. The molecule has 1 aromatic heterocycles. The van der Waals surface area contributed by atoms with Gasteiger partial charge in [0.2, 0.25) is 5.91 Å². The van der Waals surface area contributed by atoms with Gasteiger partial charge < -0.3 is 24.6 Å².